The van der Waals surface area contributed by atoms with E-state index in [4.69, 9.17) is 0 Å². The zero-order chi connectivity index (χ0) is 10.6. The lowest BCUT2D eigenvalue weighted by Crippen LogP contribution is -1.95. The van der Waals surface area contributed by atoms with Gasteiger partial charge in [0.1, 0.15) is 0 Å². The van der Waals surface area contributed by atoms with Gasteiger partial charge in [0.05, 0.1) is 0 Å². The average Bonchev–Trinajstić information content (AvgIpc) is 2.20. The molecule has 1 rings (SSSR count). The Morgan fingerprint density at radius 1 is 1.50 bits per heavy atom. The van der Waals surface area contributed by atoms with Crippen LogP contribution in [0, 0.1) is 6.92 Å². The fourth-order valence-electron chi connectivity index (χ4n) is 1.48. The quantitative estimate of drug-likeness (QED) is 0.692. The second-order valence-corrected chi connectivity index (χ2v) is 4.21. The standard InChI is InChI=1S/C13H16Br/c1-4-7-11-8-6-9-12(13(11)14)10(3)5-2/h5-6,8-10H,2-4,7H2,1H3. The van der Waals surface area contributed by atoms with Gasteiger partial charge in [-0.25, -0.2) is 0 Å². The molecule has 1 aromatic rings. The largest absolute Gasteiger partial charge is 0.102 e. The molecule has 0 bridgehead atoms. The molecule has 1 heteroatoms. The Kier molecular flexibility index (Phi) is 4.40. The Morgan fingerprint density at radius 3 is 2.79 bits per heavy atom. The second kappa shape index (κ2) is 5.35. The van der Waals surface area contributed by atoms with E-state index in [1.165, 1.54) is 15.6 Å². The summed E-state index contributed by atoms with van der Waals surface area (Å²) in [5.74, 6) is 0.168. The molecule has 0 heterocycles. The van der Waals surface area contributed by atoms with Crippen LogP contribution in [-0.2, 0) is 6.42 Å². The van der Waals surface area contributed by atoms with Crippen molar-refractivity contribution < 1.29 is 0 Å². The number of hydrogen-bond donors (Lipinski definition) is 0. The Bertz CT molecular complexity index is 315. The fourth-order valence-corrected chi connectivity index (χ4v) is 2.23. The van der Waals surface area contributed by atoms with Crippen molar-refractivity contribution in [3.05, 3.63) is 53.4 Å². The first-order valence-corrected chi connectivity index (χ1v) is 5.73. The Labute approximate surface area is 95.2 Å². The van der Waals surface area contributed by atoms with Crippen molar-refractivity contribution in [3.63, 3.8) is 0 Å². The van der Waals surface area contributed by atoms with Crippen LogP contribution in [0.25, 0.3) is 0 Å². The van der Waals surface area contributed by atoms with Crippen LogP contribution in [0.4, 0.5) is 0 Å². The fraction of sp³-hybridized carbons (Fsp3) is 0.308. The predicted molar refractivity (Wildman–Crippen MR) is 66.4 cm³/mol. The molecule has 0 fully saturated rings. The molecule has 75 valence electrons. The first-order chi connectivity index (χ1) is 6.70. The van der Waals surface area contributed by atoms with Gasteiger partial charge < -0.3 is 0 Å². The number of aryl methyl sites for hydroxylation is 1. The summed E-state index contributed by atoms with van der Waals surface area (Å²) in [6.07, 6.45) is 4.14. The highest BCUT2D eigenvalue weighted by Crippen LogP contribution is 2.29. The minimum atomic E-state index is 0.168. The molecule has 14 heavy (non-hydrogen) atoms. The molecule has 0 aliphatic rings. The maximum atomic E-state index is 4.04. The second-order valence-electron chi connectivity index (χ2n) is 3.41. The summed E-state index contributed by atoms with van der Waals surface area (Å²) < 4.78 is 1.20. The highest BCUT2D eigenvalue weighted by Gasteiger charge is 2.08. The summed E-state index contributed by atoms with van der Waals surface area (Å²) in [5.41, 5.74) is 2.59. The van der Waals surface area contributed by atoms with Gasteiger partial charge in [-0.05, 0) is 24.5 Å². The molecule has 0 amide bonds. The minimum absolute atomic E-state index is 0.168. The van der Waals surface area contributed by atoms with E-state index in [0.717, 1.165) is 12.8 Å². The van der Waals surface area contributed by atoms with E-state index in [9.17, 15) is 0 Å². The summed E-state index contributed by atoms with van der Waals surface area (Å²) in [6.45, 7) is 10.00. The van der Waals surface area contributed by atoms with E-state index in [2.05, 4.69) is 54.6 Å². The van der Waals surface area contributed by atoms with E-state index < -0.39 is 0 Å². The van der Waals surface area contributed by atoms with E-state index in [1.807, 2.05) is 6.08 Å². The van der Waals surface area contributed by atoms with Crippen LogP contribution in [0.2, 0.25) is 0 Å². The third kappa shape index (κ3) is 2.48. The number of halogens is 1. The van der Waals surface area contributed by atoms with E-state index in [-0.39, 0.29) is 5.92 Å². The molecular weight excluding hydrogens is 236 g/mol. The van der Waals surface area contributed by atoms with Gasteiger partial charge >= 0.3 is 0 Å². The van der Waals surface area contributed by atoms with Crippen molar-refractivity contribution >= 4 is 15.9 Å². The van der Waals surface area contributed by atoms with Gasteiger partial charge in [0.25, 0.3) is 0 Å². The highest BCUT2D eigenvalue weighted by atomic mass is 79.9. The third-order valence-corrected chi connectivity index (χ3v) is 3.28. The SMILES string of the molecule is [CH2]C(C=C)c1cccc(CCC)c1Br. The number of hydrogen-bond acceptors (Lipinski definition) is 0. The van der Waals surface area contributed by atoms with E-state index >= 15 is 0 Å². The lowest BCUT2D eigenvalue weighted by atomic mass is 9.98. The van der Waals surface area contributed by atoms with Gasteiger partial charge in [-0.1, -0.05) is 53.5 Å². The molecule has 0 aliphatic heterocycles. The molecule has 0 aliphatic carbocycles. The van der Waals surface area contributed by atoms with Crippen LogP contribution in [-0.4, -0.2) is 0 Å². The van der Waals surface area contributed by atoms with Crippen LogP contribution in [0.1, 0.15) is 30.4 Å². The van der Waals surface area contributed by atoms with Crippen LogP contribution >= 0.6 is 15.9 Å². The van der Waals surface area contributed by atoms with Crippen LogP contribution in [0.3, 0.4) is 0 Å². The maximum absolute atomic E-state index is 4.04. The van der Waals surface area contributed by atoms with Crippen molar-refractivity contribution in [2.24, 2.45) is 0 Å². The topological polar surface area (TPSA) is 0 Å². The van der Waals surface area contributed by atoms with Gasteiger partial charge in [0.15, 0.2) is 0 Å². The van der Waals surface area contributed by atoms with Crippen molar-refractivity contribution in [3.8, 4) is 0 Å². The van der Waals surface area contributed by atoms with Crippen LogP contribution in [0.15, 0.2) is 35.3 Å². The predicted octanol–water partition coefficient (Wildman–Crippen LogP) is 4.51. The Morgan fingerprint density at radius 2 is 2.21 bits per heavy atom. The zero-order valence-corrected chi connectivity index (χ0v) is 10.2. The smallest absolute Gasteiger partial charge is 0.0245 e. The first kappa shape index (κ1) is 11.5. The minimum Gasteiger partial charge on any atom is -0.102 e. The van der Waals surface area contributed by atoms with Gasteiger partial charge in [0, 0.05) is 10.4 Å². The molecule has 0 nitrogen and oxygen atoms in total. The van der Waals surface area contributed by atoms with Crippen LogP contribution < -0.4 is 0 Å². The maximum Gasteiger partial charge on any atom is 0.0245 e. The summed E-state index contributed by atoms with van der Waals surface area (Å²) in [4.78, 5) is 0. The van der Waals surface area contributed by atoms with Gasteiger partial charge in [0.2, 0.25) is 0 Å². The Balaban J connectivity index is 3.06. The average molecular weight is 252 g/mol. The lowest BCUT2D eigenvalue weighted by molar-refractivity contribution is 0.908. The van der Waals surface area contributed by atoms with Gasteiger partial charge in [-0.2, -0.15) is 0 Å². The molecule has 0 N–H and O–H groups in total. The molecule has 0 saturated carbocycles. The van der Waals surface area contributed by atoms with Crippen molar-refractivity contribution in [1.82, 2.24) is 0 Å². The lowest BCUT2D eigenvalue weighted by Gasteiger charge is -2.12. The summed E-state index contributed by atoms with van der Waals surface area (Å²) in [7, 11) is 0. The van der Waals surface area contributed by atoms with Crippen molar-refractivity contribution in [2.75, 3.05) is 0 Å². The molecule has 0 saturated heterocycles. The van der Waals surface area contributed by atoms with Gasteiger partial charge in [-0.15, -0.1) is 6.58 Å². The summed E-state index contributed by atoms with van der Waals surface area (Å²) >= 11 is 3.64. The molecular formula is C13H16Br. The van der Waals surface area contributed by atoms with E-state index in [0.29, 0.717) is 0 Å². The number of allylic oxidation sites excluding steroid dienone is 1. The zero-order valence-electron chi connectivity index (χ0n) is 8.59. The molecule has 1 unspecified atom stereocenters. The third-order valence-electron chi connectivity index (χ3n) is 2.31. The van der Waals surface area contributed by atoms with E-state index in [1.54, 1.807) is 0 Å². The molecule has 1 atom stereocenters. The number of rotatable bonds is 4. The molecule has 1 radical (unpaired) electrons. The van der Waals surface area contributed by atoms with Crippen LogP contribution in [0.5, 0.6) is 0 Å². The van der Waals surface area contributed by atoms with Crippen molar-refractivity contribution in [2.45, 2.75) is 25.7 Å². The monoisotopic (exact) mass is 251 g/mol. The molecule has 0 aromatic heterocycles. The summed E-state index contributed by atoms with van der Waals surface area (Å²) in [5, 5.41) is 0. The summed E-state index contributed by atoms with van der Waals surface area (Å²) in [6, 6.07) is 6.35. The molecule has 1 aromatic carbocycles. The number of benzene rings is 1. The normalized spacial score (nSPS) is 12.5. The first-order valence-electron chi connectivity index (χ1n) is 4.93. The Hall–Kier alpha value is -0.560. The van der Waals surface area contributed by atoms with Crippen molar-refractivity contribution in [1.29, 1.82) is 0 Å². The van der Waals surface area contributed by atoms with Gasteiger partial charge in [-0.3, -0.25) is 0 Å². The highest BCUT2D eigenvalue weighted by molar-refractivity contribution is 9.10. The molecule has 0 spiro atoms.